The highest BCUT2D eigenvalue weighted by molar-refractivity contribution is 7.38. The van der Waals surface area contributed by atoms with Crippen LogP contribution in [0.25, 0.3) is 0 Å². The molecule has 14 heavy (non-hydrogen) atoms. The summed E-state index contributed by atoms with van der Waals surface area (Å²) in [6.45, 7) is 1.59. The fraction of sp³-hybridized carbons (Fsp3) is 0.400. The first-order valence-electron chi connectivity index (χ1n) is 4.57. The molecule has 2 atom stereocenters. The van der Waals surface area contributed by atoms with Crippen LogP contribution in [0.4, 0.5) is 0 Å². The summed E-state index contributed by atoms with van der Waals surface area (Å²) in [5, 5.41) is 8.84. The Balaban J connectivity index is 2.72. The molecule has 0 bridgehead atoms. The van der Waals surface area contributed by atoms with Gasteiger partial charge in [-0.1, -0.05) is 30.3 Å². The quantitative estimate of drug-likeness (QED) is 0.764. The SMILES string of the molecule is C[PH](=O)O[C@@H](CCO)c1ccccc1. The van der Waals surface area contributed by atoms with Crippen LogP contribution in [0.3, 0.4) is 0 Å². The summed E-state index contributed by atoms with van der Waals surface area (Å²) in [6, 6.07) is 9.52. The van der Waals surface area contributed by atoms with Gasteiger partial charge in [-0.25, -0.2) is 0 Å². The Bertz CT molecular complexity index is 287. The lowest BCUT2D eigenvalue weighted by Gasteiger charge is -2.15. The molecule has 0 aliphatic heterocycles. The largest absolute Gasteiger partial charge is 0.396 e. The van der Waals surface area contributed by atoms with Crippen molar-refractivity contribution >= 4 is 8.03 Å². The second-order valence-corrected chi connectivity index (χ2v) is 4.24. The van der Waals surface area contributed by atoms with E-state index in [1.165, 1.54) is 0 Å². The van der Waals surface area contributed by atoms with Gasteiger partial charge in [0.2, 0.25) is 0 Å². The zero-order chi connectivity index (χ0) is 10.4. The topological polar surface area (TPSA) is 46.5 Å². The maximum Gasteiger partial charge on any atom is 0.189 e. The molecule has 0 amide bonds. The maximum atomic E-state index is 11.0. The summed E-state index contributed by atoms with van der Waals surface area (Å²) in [5.74, 6) is 0. The number of rotatable bonds is 5. The zero-order valence-electron chi connectivity index (χ0n) is 8.14. The van der Waals surface area contributed by atoms with E-state index >= 15 is 0 Å². The predicted molar refractivity (Wildman–Crippen MR) is 56.9 cm³/mol. The molecule has 0 aliphatic carbocycles. The van der Waals surface area contributed by atoms with E-state index < -0.39 is 8.03 Å². The third-order valence-electron chi connectivity index (χ3n) is 1.87. The Morgan fingerprint density at radius 1 is 1.43 bits per heavy atom. The normalized spacial score (nSPS) is 15.0. The van der Waals surface area contributed by atoms with Gasteiger partial charge in [0, 0.05) is 19.7 Å². The van der Waals surface area contributed by atoms with Gasteiger partial charge in [-0.05, 0) is 5.56 Å². The smallest absolute Gasteiger partial charge is 0.189 e. The molecular weight excluding hydrogens is 199 g/mol. The molecule has 4 heteroatoms. The molecule has 1 aromatic rings. The van der Waals surface area contributed by atoms with Gasteiger partial charge in [0.15, 0.2) is 8.03 Å². The van der Waals surface area contributed by atoms with Crippen molar-refractivity contribution in [2.75, 3.05) is 13.3 Å². The van der Waals surface area contributed by atoms with Gasteiger partial charge in [-0.2, -0.15) is 0 Å². The molecule has 0 saturated heterocycles. The van der Waals surface area contributed by atoms with Gasteiger partial charge in [-0.3, -0.25) is 4.57 Å². The summed E-state index contributed by atoms with van der Waals surface area (Å²) in [4.78, 5) is 0. The highest BCUT2D eigenvalue weighted by Gasteiger charge is 2.12. The molecule has 0 aromatic heterocycles. The zero-order valence-corrected chi connectivity index (χ0v) is 9.14. The molecule has 1 aromatic carbocycles. The Hall–Kier alpha value is -0.630. The minimum atomic E-state index is -1.96. The Morgan fingerprint density at radius 3 is 2.57 bits per heavy atom. The monoisotopic (exact) mass is 214 g/mol. The summed E-state index contributed by atoms with van der Waals surface area (Å²) in [6.07, 6.45) is 0.228. The summed E-state index contributed by atoms with van der Waals surface area (Å²) >= 11 is 0. The number of aliphatic hydroxyl groups excluding tert-OH is 1. The van der Waals surface area contributed by atoms with Gasteiger partial charge < -0.3 is 9.63 Å². The standard InChI is InChI=1S/C10H15O3P/c1-14(12)13-10(7-8-11)9-5-3-2-4-6-9/h2-6,10-11,14H,7-8H2,1H3/t10-/m0/s1. The van der Waals surface area contributed by atoms with Gasteiger partial charge in [0.1, 0.15) is 0 Å². The average molecular weight is 214 g/mol. The minimum Gasteiger partial charge on any atom is -0.396 e. The molecule has 3 nitrogen and oxygen atoms in total. The van der Waals surface area contributed by atoms with Crippen LogP contribution in [0.15, 0.2) is 30.3 Å². The minimum absolute atomic E-state index is 0.0364. The van der Waals surface area contributed by atoms with Crippen molar-refractivity contribution in [3.8, 4) is 0 Å². The first-order valence-corrected chi connectivity index (χ1v) is 6.38. The van der Waals surface area contributed by atoms with Crippen LogP contribution >= 0.6 is 8.03 Å². The molecule has 0 radical (unpaired) electrons. The number of benzene rings is 1. The van der Waals surface area contributed by atoms with Crippen molar-refractivity contribution < 1.29 is 14.2 Å². The van der Waals surface area contributed by atoms with Crippen LogP contribution in [0, 0.1) is 0 Å². The van der Waals surface area contributed by atoms with Crippen LogP contribution in [-0.2, 0) is 9.09 Å². The highest BCUT2D eigenvalue weighted by Crippen LogP contribution is 2.31. The average Bonchev–Trinajstić information content (AvgIpc) is 2.18. The predicted octanol–water partition coefficient (Wildman–Crippen LogP) is 2.23. The van der Waals surface area contributed by atoms with E-state index in [9.17, 15) is 4.57 Å². The van der Waals surface area contributed by atoms with E-state index in [0.29, 0.717) is 6.42 Å². The lowest BCUT2D eigenvalue weighted by atomic mass is 10.1. The fourth-order valence-corrected chi connectivity index (χ4v) is 1.93. The third-order valence-corrected chi connectivity index (χ3v) is 2.49. The van der Waals surface area contributed by atoms with Crippen LogP contribution in [-0.4, -0.2) is 18.4 Å². The van der Waals surface area contributed by atoms with E-state index in [0.717, 1.165) is 5.56 Å². The summed E-state index contributed by atoms with van der Waals surface area (Å²) in [7, 11) is -1.96. The van der Waals surface area contributed by atoms with Crippen molar-refractivity contribution in [2.24, 2.45) is 0 Å². The summed E-state index contributed by atoms with van der Waals surface area (Å²) in [5.41, 5.74) is 0.960. The number of aliphatic hydroxyl groups is 1. The van der Waals surface area contributed by atoms with E-state index in [1.807, 2.05) is 30.3 Å². The van der Waals surface area contributed by atoms with Crippen molar-refractivity contribution in [1.82, 2.24) is 0 Å². The van der Waals surface area contributed by atoms with E-state index in [2.05, 4.69) is 0 Å². The molecule has 0 heterocycles. The second-order valence-electron chi connectivity index (χ2n) is 3.02. The molecule has 1 N–H and O–H groups in total. The van der Waals surface area contributed by atoms with Crippen molar-refractivity contribution in [3.05, 3.63) is 35.9 Å². The molecule has 1 rings (SSSR count). The van der Waals surface area contributed by atoms with Gasteiger partial charge in [0.05, 0.1) is 6.10 Å². The van der Waals surface area contributed by atoms with Crippen molar-refractivity contribution in [2.45, 2.75) is 12.5 Å². The molecule has 0 aliphatic rings. The third kappa shape index (κ3) is 3.62. The Kier molecular flexibility index (Phi) is 4.88. The molecule has 78 valence electrons. The van der Waals surface area contributed by atoms with E-state index in [1.54, 1.807) is 6.66 Å². The van der Waals surface area contributed by atoms with Crippen LogP contribution in [0.1, 0.15) is 18.1 Å². The molecule has 1 unspecified atom stereocenters. The highest BCUT2D eigenvalue weighted by atomic mass is 31.1. The first-order chi connectivity index (χ1) is 6.74. The fourth-order valence-electron chi connectivity index (χ4n) is 1.28. The number of hydrogen-bond acceptors (Lipinski definition) is 3. The first kappa shape index (κ1) is 11.4. The van der Waals surface area contributed by atoms with Crippen molar-refractivity contribution in [3.63, 3.8) is 0 Å². The van der Waals surface area contributed by atoms with Crippen LogP contribution in [0.5, 0.6) is 0 Å². The van der Waals surface area contributed by atoms with Gasteiger partial charge in [-0.15, -0.1) is 0 Å². The lowest BCUT2D eigenvalue weighted by molar-refractivity contribution is 0.166. The van der Waals surface area contributed by atoms with Gasteiger partial charge >= 0.3 is 0 Å². The van der Waals surface area contributed by atoms with Crippen LogP contribution in [0.2, 0.25) is 0 Å². The van der Waals surface area contributed by atoms with Crippen molar-refractivity contribution in [1.29, 1.82) is 0 Å². The van der Waals surface area contributed by atoms with Crippen LogP contribution < -0.4 is 0 Å². The Morgan fingerprint density at radius 2 is 2.07 bits per heavy atom. The lowest BCUT2D eigenvalue weighted by Crippen LogP contribution is -2.02. The molecule has 0 saturated carbocycles. The van der Waals surface area contributed by atoms with E-state index in [4.69, 9.17) is 9.63 Å². The Labute approximate surface area is 84.6 Å². The summed E-state index contributed by atoms with van der Waals surface area (Å²) < 4.78 is 16.2. The molecule has 0 spiro atoms. The molecular formula is C10H15O3P. The second kappa shape index (κ2) is 5.97. The van der Waals surface area contributed by atoms with Gasteiger partial charge in [0.25, 0.3) is 0 Å². The number of hydrogen-bond donors (Lipinski definition) is 1. The van der Waals surface area contributed by atoms with E-state index in [-0.39, 0.29) is 12.7 Å². The molecule has 0 fully saturated rings. The maximum absolute atomic E-state index is 11.0.